The molecular formula is C25H36N3O3. The molecule has 0 bridgehead atoms. The molecule has 0 saturated heterocycles. The maximum Gasteiger partial charge on any atom is 0.243 e. The van der Waals surface area contributed by atoms with Crippen molar-refractivity contribution in [3.8, 4) is 11.8 Å². The number of carbonyl (C=O) groups excluding carboxylic acids is 3. The third-order valence-electron chi connectivity index (χ3n) is 4.25. The Hall–Kier alpha value is -2.81. The van der Waals surface area contributed by atoms with Crippen molar-refractivity contribution in [1.82, 2.24) is 10.6 Å². The average Bonchev–Trinajstić information content (AvgIpc) is 2.62. The van der Waals surface area contributed by atoms with Crippen LogP contribution in [-0.2, 0) is 20.8 Å². The van der Waals surface area contributed by atoms with Gasteiger partial charge in [0, 0.05) is 28.9 Å². The van der Waals surface area contributed by atoms with Gasteiger partial charge in [-0.05, 0) is 65.7 Å². The van der Waals surface area contributed by atoms with Crippen LogP contribution in [0.3, 0.4) is 0 Å². The third kappa shape index (κ3) is 11.2. The van der Waals surface area contributed by atoms with E-state index in [9.17, 15) is 14.4 Å². The Labute approximate surface area is 186 Å². The lowest BCUT2D eigenvalue weighted by atomic mass is 9.97. The van der Waals surface area contributed by atoms with Gasteiger partial charge in [0.2, 0.25) is 17.7 Å². The molecule has 3 amide bonds. The van der Waals surface area contributed by atoms with Gasteiger partial charge in [-0.25, -0.2) is 0 Å². The summed E-state index contributed by atoms with van der Waals surface area (Å²) in [5.41, 5.74) is 6.52. The van der Waals surface area contributed by atoms with Crippen molar-refractivity contribution in [2.45, 2.75) is 72.9 Å². The second kappa shape index (κ2) is 11.0. The van der Waals surface area contributed by atoms with Crippen LogP contribution in [0.4, 0.5) is 0 Å². The summed E-state index contributed by atoms with van der Waals surface area (Å²) in [5.74, 6) is 4.74. The first-order chi connectivity index (χ1) is 14.2. The van der Waals surface area contributed by atoms with E-state index in [-0.39, 0.29) is 17.7 Å². The monoisotopic (exact) mass is 426 g/mol. The summed E-state index contributed by atoms with van der Waals surface area (Å²) in [6, 6.07) is 6.90. The highest BCUT2D eigenvalue weighted by Crippen LogP contribution is 2.12. The number of primary amides is 1. The van der Waals surface area contributed by atoms with E-state index in [1.165, 1.54) is 6.42 Å². The van der Waals surface area contributed by atoms with Crippen molar-refractivity contribution in [1.29, 1.82) is 0 Å². The zero-order chi connectivity index (χ0) is 23.8. The van der Waals surface area contributed by atoms with Gasteiger partial charge in [-0.2, -0.15) is 0 Å². The first-order valence-corrected chi connectivity index (χ1v) is 10.5. The predicted molar refractivity (Wildman–Crippen MR) is 124 cm³/mol. The molecule has 169 valence electrons. The van der Waals surface area contributed by atoms with E-state index >= 15 is 0 Å². The smallest absolute Gasteiger partial charge is 0.243 e. The standard InChI is InChI=1S/C25H36N3O3/c1-17(22(26)30)8-13-21(29)27-20(23(31)28-25(5,6)7)16-19-11-9-18(10-12-19)14-15-24(2,3)4/h9-13,17,20H,8,16H2,1-7H3,(H2,26,30)(H,27,29)(H,28,31). The van der Waals surface area contributed by atoms with E-state index in [1.54, 1.807) is 6.92 Å². The highest BCUT2D eigenvalue weighted by molar-refractivity contribution is 5.92. The molecule has 0 spiro atoms. The summed E-state index contributed by atoms with van der Waals surface area (Å²) < 4.78 is 0. The lowest BCUT2D eigenvalue weighted by molar-refractivity contribution is -0.128. The lowest BCUT2D eigenvalue weighted by Gasteiger charge is -2.25. The molecule has 0 fully saturated rings. The predicted octanol–water partition coefficient (Wildman–Crippen LogP) is 2.74. The fraction of sp³-hybridized carbons (Fsp3) is 0.520. The van der Waals surface area contributed by atoms with Crippen LogP contribution in [0.2, 0.25) is 0 Å². The SMILES string of the molecule is CC(C[CH]C(=O)NC(Cc1ccc(C#CC(C)(C)C)cc1)C(=O)NC(C)(C)C)C(N)=O. The van der Waals surface area contributed by atoms with Crippen molar-refractivity contribution < 1.29 is 14.4 Å². The molecular weight excluding hydrogens is 390 g/mol. The minimum atomic E-state index is -0.752. The van der Waals surface area contributed by atoms with Crippen LogP contribution >= 0.6 is 0 Å². The zero-order valence-electron chi connectivity index (χ0n) is 19.8. The Kier molecular flexibility index (Phi) is 9.30. The number of nitrogens with one attached hydrogen (secondary N) is 2. The van der Waals surface area contributed by atoms with Gasteiger partial charge in [0.1, 0.15) is 6.04 Å². The largest absolute Gasteiger partial charge is 0.369 e. The highest BCUT2D eigenvalue weighted by atomic mass is 16.2. The van der Waals surface area contributed by atoms with Crippen molar-refractivity contribution >= 4 is 17.7 Å². The van der Waals surface area contributed by atoms with Gasteiger partial charge in [-0.15, -0.1) is 0 Å². The maximum absolute atomic E-state index is 12.8. The molecule has 1 rings (SSSR count). The number of benzene rings is 1. The van der Waals surface area contributed by atoms with Gasteiger partial charge in [0.05, 0.1) is 6.42 Å². The van der Waals surface area contributed by atoms with E-state index in [2.05, 4.69) is 43.2 Å². The minimum absolute atomic E-state index is 0.0817. The van der Waals surface area contributed by atoms with E-state index < -0.39 is 29.3 Å². The third-order valence-corrected chi connectivity index (χ3v) is 4.25. The molecule has 0 aliphatic heterocycles. The summed E-state index contributed by atoms with van der Waals surface area (Å²) in [4.78, 5) is 36.3. The number of rotatable bonds is 8. The molecule has 4 N–H and O–H groups in total. The van der Waals surface area contributed by atoms with Gasteiger partial charge in [-0.3, -0.25) is 14.4 Å². The van der Waals surface area contributed by atoms with Gasteiger partial charge in [-0.1, -0.05) is 30.9 Å². The second-order valence-electron chi connectivity index (χ2n) is 9.94. The normalized spacial score (nSPS) is 13.4. The number of hydrogen-bond acceptors (Lipinski definition) is 3. The topological polar surface area (TPSA) is 101 Å². The van der Waals surface area contributed by atoms with Crippen LogP contribution in [0.5, 0.6) is 0 Å². The van der Waals surface area contributed by atoms with E-state index in [0.717, 1.165) is 11.1 Å². The number of amides is 3. The molecule has 0 aliphatic carbocycles. The Morgan fingerprint density at radius 3 is 2.13 bits per heavy atom. The van der Waals surface area contributed by atoms with Gasteiger partial charge < -0.3 is 16.4 Å². The Morgan fingerprint density at radius 1 is 1.06 bits per heavy atom. The molecule has 2 unspecified atom stereocenters. The van der Waals surface area contributed by atoms with Crippen LogP contribution < -0.4 is 16.4 Å². The molecule has 6 heteroatoms. The minimum Gasteiger partial charge on any atom is -0.369 e. The highest BCUT2D eigenvalue weighted by Gasteiger charge is 2.25. The summed E-state index contributed by atoms with van der Waals surface area (Å²) in [5, 5.41) is 5.67. The lowest BCUT2D eigenvalue weighted by Crippen LogP contribution is -2.53. The van der Waals surface area contributed by atoms with Gasteiger partial charge in [0.15, 0.2) is 0 Å². The van der Waals surface area contributed by atoms with Gasteiger partial charge in [0.25, 0.3) is 0 Å². The summed E-state index contributed by atoms with van der Waals surface area (Å²) in [6.45, 7) is 13.5. The van der Waals surface area contributed by atoms with Crippen molar-refractivity contribution in [3.63, 3.8) is 0 Å². The Morgan fingerprint density at radius 2 is 1.65 bits per heavy atom. The van der Waals surface area contributed by atoms with E-state index in [1.807, 2.05) is 45.0 Å². The molecule has 1 radical (unpaired) electrons. The Bertz CT molecular complexity index is 834. The molecule has 0 aromatic heterocycles. The van der Waals surface area contributed by atoms with Gasteiger partial charge >= 0.3 is 0 Å². The fourth-order valence-electron chi connectivity index (χ4n) is 2.52. The second-order valence-corrected chi connectivity index (χ2v) is 9.94. The van der Waals surface area contributed by atoms with Crippen LogP contribution in [-0.4, -0.2) is 29.3 Å². The Balaban J connectivity index is 2.91. The first kappa shape index (κ1) is 26.2. The average molecular weight is 427 g/mol. The van der Waals surface area contributed by atoms with Crippen LogP contribution in [0.15, 0.2) is 24.3 Å². The maximum atomic E-state index is 12.8. The van der Waals surface area contributed by atoms with Crippen LogP contribution in [0.25, 0.3) is 0 Å². The number of nitrogens with two attached hydrogens (primary N) is 1. The number of carbonyl (C=O) groups is 3. The number of hydrogen-bond donors (Lipinski definition) is 3. The zero-order valence-corrected chi connectivity index (χ0v) is 19.8. The molecule has 6 nitrogen and oxygen atoms in total. The summed E-state index contributed by atoms with van der Waals surface area (Å²) in [6.07, 6.45) is 1.91. The molecule has 1 aromatic carbocycles. The molecule has 0 saturated carbocycles. The molecule has 0 aliphatic rings. The van der Waals surface area contributed by atoms with Crippen molar-refractivity contribution in [2.75, 3.05) is 0 Å². The molecule has 31 heavy (non-hydrogen) atoms. The molecule has 1 aromatic rings. The quantitative estimate of drug-likeness (QED) is 0.557. The summed E-state index contributed by atoms with van der Waals surface area (Å²) in [7, 11) is 0. The van der Waals surface area contributed by atoms with Crippen LogP contribution in [0.1, 0.15) is 66.0 Å². The van der Waals surface area contributed by atoms with E-state index in [4.69, 9.17) is 5.73 Å². The van der Waals surface area contributed by atoms with Crippen molar-refractivity contribution in [3.05, 3.63) is 41.8 Å². The first-order valence-electron chi connectivity index (χ1n) is 10.5. The van der Waals surface area contributed by atoms with Crippen molar-refractivity contribution in [2.24, 2.45) is 17.1 Å². The molecule has 2 atom stereocenters. The summed E-state index contributed by atoms with van der Waals surface area (Å²) >= 11 is 0. The fourth-order valence-corrected chi connectivity index (χ4v) is 2.52. The van der Waals surface area contributed by atoms with Crippen LogP contribution in [0, 0.1) is 29.6 Å². The van der Waals surface area contributed by atoms with E-state index in [0.29, 0.717) is 6.42 Å². The molecule has 0 heterocycles.